The van der Waals surface area contributed by atoms with Crippen molar-refractivity contribution in [1.29, 1.82) is 0 Å². The lowest BCUT2D eigenvalue weighted by molar-refractivity contribution is -0.0731. The normalized spacial score (nSPS) is 25.8. The van der Waals surface area contributed by atoms with Gasteiger partial charge in [0.1, 0.15) is 0 Å². The molecule has 2 aliphatic rings. The van der Waals surface area contributed by atoms with E-state index in [1.807, 2.05) is 0 Å². The number of morpholine rings is 1. The van der Waals surface area contributed by atoms with Crippen molar-refractivity contribution in [3.8, 4) is 0 Å². The Morgan fingerprint density at radius 2 is 2.06 bits per heavy atom. The fraction of sp³-hybridized carbons (Fsp3) is 1.00. The highest BCUT2D eigenvalue weighted by Crippen LogP contribution is 2.28. The number of nitrogens with zero attached hydrogens (tertiary/aromatic N) is 1. The van der Waals surface area contributed by atoms with Crippen molar-refractivity contribution in [1.82, 2.24) is 4.90 Å². The van der Waals surface area contributed by atoms with E-state index in [0.29, 0.717) is 0 Å². The lowest BCUT2D eigenvalue weighted by Gasteiger charge is -2.36. The third kappa shape index (κ3) is 6.34. The Morgan fingerprint density at radius 3 is 2.67 bits per heavy atom. The lowest BCUT2D eigenvalue weighted by Crippen LogP contribution is -2.52. The standard InChI is InChI=1S/C13H26N2O2.ClH/c1-13(2,14)10-15-5-6-17-12(7-15)9-16-8-11-3-4-11;/h11-12H,3-10,14H2,1-2H3;1H. The van der Waals surface area contributed by atoms with Crippen molar-refractivity contribution in [2.45, 2.75) is 38.3 Å². The van der Waals surface area contributed by atoms with Crippen molar-refractivity contribution in [3.63, 3.8) is 0 Å². The molecule has 18 heavy (non-hydrogen) atoms. The van der Waals surface area contributed by atoms with E-state index >= 15 is 0 Å². The van der Waals surface area contributed by atoms with Gasteiger partial charge in [-0.05, 0) is 32.6 Å². The Labute approximate surface area is 117 Å². The maximum Gasteiger partial charge on any atom is 0.0935 e. The summed E-state index contributed by atoms with van der Waals surface area (Å²) in [5.41, 5.74) is 5.92. The molecule has 1 saturated carbocycles. The Hall–Kier alpha value is 0.130. The Morgan fingerprint density at radius 1 is 1.33 bits per heavy atom. The van der Waals surface area contributed by atoms with Crippen LogP contribution in [0.4, 0.5) is 0 Å². The van der Waals surface area contributed by atoms with Crippen molar-refractivity contribution in [3.05, 3.63) is 0 Å². The summed E-state index contributed by atoms with van der Waals surface area (Å²) in [6.45, 7) is 9.45. The van der Waals surface area contributed by atoms with Crippen LogP contribution in [0.5, 0.6) is 0 Å². The van der Waals surface area contributed by atoms with E-state index in [2.05, 4.69) is 18.7 Å². The molecule has 1 atom stereocenters. The van der Waals surface area contributed by atoms with Crippen LogP contribution in [0.3, 0.4) is 0 Å². The molecule has 1 unspecified atom stereocenters. The summed E-state index contributed by atoms with van der Waals surface area (Å²) in [7, 11) is 0. The SMILES string of the molecule is CC(C)(N)CN1CCOC(COCC2CC2)C1.Cl. The summed E-state index contributed by atoms with van der Waals surface area (Å²) in [5.74, 6) is 0.831. The van der Waals surface area contributed by atoms with Crippen LogP contribution >= 0.6 is 12.4 Å². The monoisotopic (exact) mass is 278 g/mol. The third-order valence-electron chi connectivity index (χ3n) is 3.21. The van der Waals surface area contributed by atoms with Gasteiger partial charge in [0.05, 0.1) is 19.3 Å². The fourth-order valence-corrected chi connectivity index (χ4v) is 2.25. The molecule has 1 saturated heterocycles. The van der Waals surface area contributed by atoms with Gasteiger partial charge >= 0.3 is 0 Å². The second-order valence-corrected chi connectivity index (χ2v) is 6.20. The molecular formula is C13H27ClN2O2. The molecule has 5 heteroatoms. The maximum absolute atomic E-state index is 6.05. The Bertz CT molecular complexity index is 242. The number of rotatable bonds is 6. The van der Waals surface area contributed by atoms with E-state index in [-0.39, 0.29) is 24.0 Å². The quantitative estimate of drug-likeness (QED) is 0.795. The van der Waals surface area contributed by atoms with Crippen LogP contribution in [0.1, 0.15) is 26.7 Å². The van der Waals surface area contributed by atoms with Gasteiger partial charge in [-0.15, -0.1) is 12.4 Å². The van der Waals surface area contributed by atoms with E-state index in [0.717, 1.165) is 45.4 Å². The Kier molecular flexibility index (Phi) is 6.35. The highest BCUT2D eigenvalue weighted by molar-refractivity contribution is 5.85. The van der Waals surface area contributed by atoms with Crippen LogP contribution in [-0.2, 0) is 9.47 Å². The molecule has 0 radical (unpaired) electrons. The number of ether oxygens (including phenoxy) is 2. The average Bonchev–Trinajstić information content (AvgIpc) is 2.99. The van der Waals surface area contributed by atoms with Gasteiger partial charge in [0.25, 0.3) is 0 Å². The van der Waals surface area contributed by atoms with Gasteiger partial charge in [0.2, 0.25) is 0 Å². The topological polar surface area (TPSA) is 47.7 Å². The summed E-state index contributed by atoms with van der Waals surface area (Å²) in [6, 6.07) is 0. The third-order valence-corrected chi connectivity index (χ3v) is 3.21. The molecular weight excluding hydrogens is 252 g/mol. The first-order chi connectivity index (χ1) is 8.03. The van der Waals surface area contributed by atoms with Gasteiger partial charge in [0.15, 0.2) is 0 Å². The van der Waals surface area contributed by atoms with Crippen LogP contribution in [0.15, 0.2) is 0 Å². The summed E-state index contributed by atoms with van der Waals surface area (Å²) in [5, 5.41) is 0. The molecule has 1 aliphatic carbocycles. The largest absolute Gasteiger partial charge is 0.378 e. The van der Waals surface area contributed by atoms with E-state index in [1.54, 1.807) is 0 Å². The number of hydrogen-bond acceptors (Lipinski definition) is 4. The van der Waals surface area contributed by atoms with E-state index in [1.165, 1.54) is 12.8 Å². The number of hydrogen-bond donors (Lipinski definition) is 1. The zero-order valence-electron chi connectivity index (χ0n) is 11.6. The predicted molar refractivity (Wildman–Crippen MR) is 75.2 cm³/mol. The van der Waals surface area contributed by atoms with Crippen molar-refractivity contribution >= 4 is 12.4 Å². The fourth-order valence-electron chi connectivity index (χ4n) is 2.25. The Balaban J connectivity index is 0.00000162. The predicted octanol–water partition coefficient (Wildman–Crippen LogP) is 1.27. The van der Waals surface area contributed by atoms with Crippen LogP contribution in [0, 0.1) is 5.92 Å². The zero-order valence-corrected chi connectivity index (χ0v) is 12.4. The first kappa shape index (κ1) is 16.2. The molecule has 0 aromatic rings. The highest BCUT2D eigenvalue weighted by atomic mass is 35.5. The minimum atomic E-state index is -0.128. The summed E-state index contributed by atoms with van der Waals surface area (Å²) >= 11 is 0. The van der Waals surface area contributed by atoms with E-state index in [9.17, 15) is 0 Å². The van der Waals surface area contributed by atoms with E-state index < -0.39 is 0 Å². The van der Waals surface area contributed by atoms with Gasteiger partial charge in [-0.1, -0.05) is 0 Å². The lowest BCUT2D eigenvalue weighted by atomic mass is 10.1. The van der Waals surface area contributed by atoms with Crippen LogP contribution < -0.4 is 5.73 Å². The molecule has 0 bridgehead atoms. The first-order valence-corrected chi connectivity index (χ1v) is 6.73. The van der Waals surface area contributed by atoms with Crippen LogP contribution in [-0.4, -0.2) is 56.0 Å². The molecule has 2 fully saturated rings. The number of halogens is 1. The smallest absolute Gasteiger partial charge is 0.0935 e. The molecule has 0 amide bonds. The van der Waals surface area contributed by atoms with Gasteiger partial charge in [-0.3, -0.25) is 4.90 Å². The van der Waals surface area contributed by atoms with Gasteiger partial charge < -0.3 is 15.2 Å². The number of nitrogens with two attached hydrogens (primary N) is 1. The van der Waals surface area contributed by atoms with Gasteiger partial charge in [0, 0.05) is 31.8 Å². The second kappa shape index (κ2) is 7.06. The molecule has 0 aromatic heterocycles. The molecule has 0 aromatic carbocycles. The summed E-state index contributed by atoms with van der Waals surface area (Å²) < 4.78 is 11.4. The van der Waals surface area contributed by atoms with Gasteiger partial charge in [-0.2, -0.15) is 0 Å². The molecule has 0 spiro atoms. The van der Waals surface area contributed by atoms with Crippen LogP contribution in [0.2, 0.25) is 0 Å². The second-order valence-electron chi connectivity index (χ2n) is 6.20. The molecule has 2 N–H and O–H groups in total. The minimum Gasteiger partial charge on any atom is -0.378 e. The maximum atomic E-state index is 6.05. The summed E-state index contributed by atoms with van der Waals surface area (Å²) in [4.78, 5) is 2.38. The zero-order chi connectivity index (χ0) is 12.3. The molecule has 1 heterocycles. The molecule has 108 valence electrons. The molecule has 2 rings (SSSR count). The van der Waals surface area contributed by atoms with Crippen LogP contribution in [0.25, 0.3) is 0 Å². The highest BCUT2D eigenvalue weighted by Gasteiger charge is 2.26. The summed E-state index contributed by atoms with van der Waals surface area (Å²) in [6.07, 6.45) is 2.92. The first-order valence-electron chi connectivity index (χ1n) is 6.73. The molecule has 1 aliphatic heterocycles. The minimum absolute atomic E-state index is 0. The molecule has 4 nitrogen and oxygen atoms in total. The van der Waals surface area contributed by atoms with Crippen molar-refractivity contribution < 1.29 is 9.47 Å². The average molecular weight is 279 g/mol. The van der Waals surface area contributed by atoms with Crippen molar-refractivity contribution in [2.75, 3.05) is 39.5 Å². The van der Waals surface area contributed by atoms with Crippen molar-refractivity contribution in [2.24, 2.45) is 11.7 Å². The van der Waals surface area contributed by atoms with E-state index in [4.69, 9.17) is 15.2 Å². The van der Waals surface area contributed by atoms with Gasteiger partial charge in [-0.25, -0.2) is 0 Å².